The monoisotopic (exact) mass is 325 g/mol. The van der Waals surface area contributed by atoms with Crippen LogP contribution in [0.15, 0.2) is 60.8 Å². The summed E-state index contributed by atoms with van der Waals surface area (Å²) < 4.78 is 6.48. The number of benzene rings is 3. The summed E-state index contributed by atoms with van der Waals surface area (Å²) in [7, 11) is 0. The van der Waals surface area contributed by atoms with E-state index in [0.717, 1.165) is 28.1 Å². The zero-order valence-electron chi connectivity index (χ0n) is 14.6. The first-order valence-electron chi connectivity index (χ1n) is 8.66. The SMILES string of the molecule is CC(C)(C)c1c2c(cc3ccccc13)-c1nccc3cccc(c13)O2. The largest absolute Gasteiger partial charge is 0.456 e. The smallest absolute Gasteiger partial charge is 0.141 e. The molecule has 3 aromatic carbocycles. The van der Waals surface area contributed by atoms with Crippen LogP contribution in [0.3, 0.4) is 0 Å². The van der Waals surface area contributed by atoms with Gasteiger partial charge in [-0.15, -0.1) is 0 Å². The number of rotatable bonds is 0. The second kappa shape index (κ2) is 4.82. The van der Waals surface area contributed by atoms with Crippen molar-refractivity contribution in [2.75, 3.05) is 0 Å². The zero-order chi connectivity index (χ0) is 17.2. The van der Waals surface area contributed by atoms with Crippen LogP contribution in [0.25, 0.3) is 32.8 Å². The van der Waals surface area contributed by atoms with Crippen LogP contribution in [-0.2, 0) is 5.41 Å². The van der Waals surface area contributed by atoms with Crippen molar-refractivity contribution in [1.82, 2.24) is 4.98 Å². The zero-order valence-corrected chi connectivity index (χ0v) is 14.6. The molecule has 0 saturated carbocycles. The summed E-state index contributed by atoms with van der Waals surface area (Å²) in [5.41, 5.74) is 3.32. The van der Waals surface area contributed by atoms with Gasteiger partial charge in [0.1, 0.15) is 11.5 Å². The number of nitrogens with zero attached hydrogens (tertiary/aromatic N) is 1. The Balaban J connectivity index is 1.99. The maximum atomic E-state index is 6.48. The number of hydrogen-bond acceptors (Lipinski definition) is 2. The first kappa shape index (κ1) is 14.5. The van der Waals surface area contributed by atoms with Gasteiger partial charge in [-0.3, -0.25) is 4.98 Å². The third kappa shape index (κ3) is 2.00. The van der Waals surface area contributed by atoms with Gasteiger partial charge in [-0.05, 0) is 39.8 Å². The van der Waals surface area contributed by atoms with Gasteiger partial charge in [0.2, 0.25) is 0 Å². The van der Waals surface area contributed by atoms with Gasteiger partial charge in [0.25, 0.3) is 0 Å². The number of hydrogen-bond donors (Lipinski definition) is 0. The maximum Gasteiger partial charge on any atom is 0.141 e. The quantitative estimate of drug-likeness (QED) is 0.326. The summed E-state index contributed by atoms with van der Waals surface area (Å²) in [5, 5.41) is 4.75. The Morgan fingerprint density at radius 1 is 0.880 bits per heavy atom. The lowest BCUT2D eigenvalue weighted by Crippen LogP contribution is -2.15. The Morgan fingerprint density at radius 3 is 2.52 bits per heavy atom. The van der Waals surface area contributed by atoms with Crippen molar-refractivity contribution in [3.05, 3.63) is 66.4 Å². The maximum absolute atomic E-state index is 6.48. The van der Waals surface area contributed by atoms with Gasteiger partial charge in [0.15, 0.2) is 0 Å². The number of aromatic nitrogens is 1. The van der Waals surface area contributed by atoms with E-state index < -0.39 is 0 Å². The minimum Gasteiger partial charge on any atom is -0.456 e. The molecule has 0 bridgehead atoms. The lowest BCUT2D eigenvalue weighted by atomic mass is 9.80. The summed E-state index contributed by atoms with van der Waals surface area (Å²) >= 11 is 0. The van der Waals surface area contributed by atoms with E-state index >= 15 is 0 Å². The van der Waals surface area contributed by atoms with Gasteiger partial charge in [-0.25, -0.2) is 0 Å². The van der Waals surface area contributed by atoms with Crippen molar-refractivity contribution < 1.29 is 4.74 Å². The van der Waals surface area contributed by atoms with E-state index in [0.29, 0.717) is 0 Å². The summed E-state index contributed by atoms with van der Waals surface area (Å²) in [6.45, 7) is 6.73. The van der Waals surface area contributed by atoms with E-state index in [-0.39, 0.29) is 5.41 Å². The van der Waals surface area contributed by atoms with Gasteiger partial charge >= 0.3 is 0 Å². The summed E-state index contributed by atoms with van der Waals surface area (Å²) in [5.74, 6) is 1.85. The van der Waals surface area contributed by atoms with Gasteiger partial charge in [-0.1, -0.05) is 57.2 Å². The van der Waals surface area contributed by atoms with Crippen molar-refractivity contribution in [3.8, 4) is 22.8 Å². The molecule has 0 saturated heterocycles. The summed E-state index contributed by atoms with van der Waals surface area (Å²) in [4.78, 5) is 4.73. The molecule has 0 N–H and O–H groups in total. The molecule has 25 heavy (non-hydrogen) atoms. The second-order valence-electron chi connectivity index (χ2n) is 7.72. The fourth-order valence-corrected chi connectivity index (χ4v) is 3.95. The van der Waals surface area contributed by atoms with Crippen LogP contribution in [0.1, 0.15) is 26.3 Å². The molecule has 0 atom stereocenters. The highest BCUT2D eigenvalue weighted by Crippen LogP contribution is 2.51. The average Bonchev–Trinajstić information content (AvgIpc) is 2.59. The normalized spacial score (nSPS) is 12.9. The molecule has 0 amide bonds. The Morgan fingerprint density at radius 2 is 1.68 bits per heavy atom. The Kier molecular flexibility index (Phi) is 2.79. The van der Waals surface area contributed by atoms with Crippen LogP contribution in [0, 0.1) is 0 Å². The van der Waals surface area contributed by atoms with Crippen LogP contribution in [-0.4, -0.2) is 4.98 Å². The van der Waals surface area contributed by atoms with E-state index in [1.54, 1.807) is 0 Å². The van der Waals surface area contributed by atoms with E-state index in [4.69, 9.17) is 9.72 Å². The molecule has 5 rings (SSSR count). The second-order valence-corrected chi connectivity index (χ2v) is 7.72. The predicted octanol–water partition coefficient (Wildman–Crippen LogP) is 6.46. The third-order valence-corrected chi connectivity index (χ3v) is 4.97. The molecule has 0 unspecified atom stereocenters. The van der Waals surface area contributed by atoms with Crippen LogP contribution in [0.5, 0.6) is 11.5 Å². The first-order valence-corrected chi connectivity index (χ1v) is 8.66. The van der Waals surface area contributed by atoms with Crippen LogP contribution in [0.4, 0.5) is 0 Å². The van der Waals surface area contributed by atoms with E-state index in [1.807, 2.05) is 24.4 Å². The van der Waals surface area contributed by atoms with E-state index in [2.05, 4.69) is 57.2 Å². The minimum absolute atomic E-state index is 0.0366. The molecule has 2 nitrogen and oxygen atoms in total. The molecule has 122 valence electrons. The van der Waals surface area contributed by atoms with Crippen molar-refractivity contribution in [3.63, 3.8) is 0 Å². The molecular weight excluding hydrogens is 306 g/mol. The molecule has 0 aliphatic carbocycles. The highest BCUT2D eigenvalue weighted by Gasteiger charge is 2.30. The highest BCUT2D eigenvalue weighted by atomic mass is 16.5. The van der Waals surface area contributed by atoms with Crippen LogP contribution >= 0.6 is 0 Å². The highest BCUT2D eigenvalue weighted by molar-refractivity contribution is 6.05. The molecule has 1 aliphatic rings. The van der Waals surface area contributed by atoms with Gasteiger partial charge < -0.3 is 4.74 Å². The van der Waals surface area contributed by atoms with Gasteiger partial charge in [-0.2, -0.15) is 0 Å². The predicted molar refractivity (Wildman–Crippen MR) is 103 cm³/mol. The molecule has 0 spiro atoms. The first-order chi connectivity index (χ1) is 12.0. The fourth-order valence-electron chi connectivity index (χ4n) is 3.95. The van der Waals surface area contributed by atoms with Crippen molar-refractivity contribution in [2.24, 2.45) is 0 Å². The van der Waals surface area contributed by atoms with Crippen molar-refractivity contribution in [1.29, 1.82) is 0 Å². The lowest BCUT2D eigenvalue weighted by molar-refractivity contribution is 0.461. The fraction of sp³-hybridized carbons (Fsp3) is 0.174. The van der Waals surface area contributed by atoms with Crippen molar-refractivity contribution >= 4 is 21.5 Å². The lowest BCUT2D eigenvalue weighted by Gasteiger charge is -2.29. The average molecular weight is 325 g/mol. The van der Waals surface area contributed by atoms with E-state index in [1.165, 1.54) is 21.7 Å². The molecule has 1 aromatic heterocycles. The van der Waals surface area contributed by atoms with E-state index in [9.17, 15) is 0 Å². The molecule has 0 fully saturated rings. The molecule has 2 heteroatoms. The molecular formula is C23H19NO. The molecule has 2 heterocycles. The van der Waals surface area contributed by atoms with Gasteiger partial charge in [0.05, 0.1) is 11.1 Å². The summed E-state index contributed by atoms with van der Waals surface area (Å²) in [6.07, 6.45) is 1.89. The molecule has 0 radical (unpaired) electrons. The topological polar surface area (TPSA) is 22.1 Å². The van der Waals surface area contributed by atoms with Crippen LogP contribution in [0.2, 0.25) is 0 Å². The Labute approximate surface area is 147 Å². The van der Waals surface area contributed by atoms with Crippen molar-refractivity contribution in [2.45, 2.75) is 26.2 Å². The third-order valence-electron chi connectivity index (χ3n) is 4.97. The van der Waals surface area contributed by atoms with Gasteiger partial charge in [0, 0.05) is 17.3 Å². The summed E-state index contributed by atoms with van der Waals surface area (Å²) in [6, 6.07) is 19.0. The number of fused-ring (bicyclic) bond motifs is 3. The standard InChI is InChI=1S/C23H19NO/c1-23(2,3)20-16-9-5-4-7-15(16)13-17-21-19-14(11-12-24-21)8-6-10-18(19)25-22(17)20/h4-13H,1-3H3. The minimum atomic E-state index is -0.0366. The number of ether oxygens (including phenoxy) is 1. The Bertz CT molecular complexity index is 1150. The number of pyridine rings is 1. The molecule has 1 aliphatic heterocycles. The molecule has 4 aromatic rings. The Hall–Kier alpha value is -2.87. The van der Waals surface area contributed by atoms with Crippen LogP contribution < -0.4 is 4.74 Å².